The first kappa shape index (κ1) is 32.0. The van der Waals surface area contributed by atoms with E-state index in [1.165, 1.54) is 72.1 Å². The SMILES string of the molecule is C=C/C=C\C=C/CN1c2ccc(-c3ccc(-c4ccc5ccccc5c4)cc3)cc2C(C)(C)c2c(-c3ccc(-c4ccccc4)cc3)ccnc21. The minimum Gasteiger partial charge on any atom is -0.322 e. The molecule has 0 amide bonds. The number of fused-ring (bicyclic) bond motifs is 3. The van der Waals surface area contributed by atoms with Crippen LogP contribution in [0.15, 0.2) is 189 Å². The summed E-state index contributed by atoms with van der Waals surface area (Å²) in [6.45, 7) is 9.20. The van der Waals surface area contributed by atoms with E-state index in [9.17, 15) is 0 Å². The third kappa shape index (κ3) is 6.11. The van der Waals surface area contributed by atoms with Crippen molar-refractivity contribution in [2.45, 2.75) is 19.3 Å². The zero-order chi connectivity index (χ0) is 34.8. The van der Waals surface area contributed by atoms with Crippen LogP contribution < -0.4 is 4.90 Å². The van der Waals surface area contributed by atoms with Crippen molar-refractivity contribution in [3.05, 3.63) is 200 Å². The summed E-state index contributed by atoms with van der Waals surface area (Å²) >= 11 is 0. The lowest BCUT2D eigenvalue weighted by molar-refractivity contribution is 0.624. The quantitative estimate of drug-likeness (QED) is 0.151. The van der Waals surface area contributed by atoms with Crippen LogP contribution in [0.3, 0.4) is 0 Å². The van der Waals surface area contributed by atoms with Crippen molar-refractivity contribution >= 4 is 22.3 Å². The van der Waals surface area contributed by atoms with Crippen LogP contribution in [0.5, 0.6) is 0 Å². The number of benzene rings is 6. The first-order valence-electron chi connectivity index (χ1n) is 17.6. The molecule has 2 nitrogen and oxygen atoms in total. The molecule has 51 heavy (non-hydrogen) atoms. The molecule has 8 rings (SSSR count). The van der Waals surface area contributed by atoms with E-state index in [0.29, 0.717) is 6.54 Å². The summed E-state index contributed by atoms with van der Waals surface area (Å²) in [6.07, 6.45) is 12.0. The van der Waals surface area contributed by atoms with Crippen LogP contribution in [0.1, 0.15) is 25.0 Å². The Morgan fingerprint density at radius 1 is 0.569 bits per heavy atom. The van der Waals surface area contributed by atoms with Gasteiger partial charge >= 0.3 is 0 Å². The number of allylic oxidation sites excluding steroid dienone is 4. The van der Waals surface area contributed by atoms with Gasteiger partial charge in [-0.05, 0) is 85.1 Å². The number of nitrogens with zero attached hydrogens (tertiary/aromatic N) is 2. The molecule has 0 N–H and O–H groups in total. The monoisotopic (exact) mass is 656 g/mol. The summed E-state index contributed by atoms with van der Waals surface area (Å²) in [7, 11) is 0. The lowest BCUT2D eigenvalue weighted by Gasteiger charge is -2.42. The number of anilines is 2. The Hall–Kier alpha value is -6.25. The summed E-state index contributed by atoms with van der Waals surface area (Å²) in [6, 6.07) is 52.9. The smallest absolute Gasteiger partial charge is 0.137 e. The maximum atomic E-state index is 5.06. The van der Waals surface area contributed by atoms with Crippen LogP contribution in [-0.4, -0.2) is 11.5 Å². The minimum absolute atomic E-state index is 0.309. The van der Waals surface area contributed by atoms with E-state index < -0.39 is 0 Å². The van der Waals surface area contributed by atoms with Gasteiger partial charge in [-0.2, -0.15) is 0 Å². The molecule has 246 valence electrons. The van der Waals surface area contributed by atoms with Gasteiger partial charge in [-0.15, -0.1) is 0 Å². The summed E-state index contributed by atoms with van der Waals surface area (Å²) in [5.74, 6) is 1.00. The Morgan fingerprint density at radius 2 is 1.16 bits per heavy atom. The van der Waals surface area contributed by atoms with E-state index in [2.05, 4.69) is 183 Å². The van der Waals surface area contributed by atoms with Crippen LogP contribution in [0.4, 0.5) is 11.5 Å². The molecule has 1 aliphatic rings. The van der Waals surface area contributed by atoms with Gasteiger partial charge < -0.3 is 4.90 Å². The van der Waals surface area contributed by atoms with Gasteiger partial charge in [-0.3, -0.25) is 0 Å². The molecule has 0 saturated heterocycles. The maximum Gasteiger partial charge on any atom is 0.137 e. The van der Waals surface area contributed by atoms with Crippen LogP contribution in [-0.2, 0) is 5.41 Å². The van der Waals surface area contributed by atoms with E-state index in [0.717, 1.165) is 5.82 Å². The van der Waals surface area contributed by atoms with Crippen molar-refractivity contribution in [2.75, 3.05) is 11.4 Å². The summed E-state index contributed by atoms with van der Waals surface area (Å²) in [5, 5.41) is 2.52. The normalized spacial score (nSPS) is 13.4. The fourth-order valence-electron chi connectivity index (χ4n) is 7.48. The number of aromatic nitrogens is 1. The lowest BCUT2D eigenvalue weighted by Crippen LogP contribution is -2.34. The molecule has 1 aliphatic heterocycles. The highest BCUT2D eigenvalue weighted by atomic mass is 15.2. The molecular weight excluding hydrogens is 617 g/mol. The predicted octanol–water partition coefficient (Wildman–Crippen LogP) is 13.0. The number of hydrogen-bond acceptors (Lipinski definition) is 2. The van der Waals surface area contributed by atoms with Crippen LogP contribution in [0.25, 0.3) is 55.3 Å². The van der Waals surface area contributed by atoms with E-state index in [1.54, 1.807) is 6.08 Å². The standard InChI is InChI=1S/C49H40N2/c1-4-5-6-7-13-32-51-46-29-28-43(39-20-18-38(19-21-39)42-27-24-36-16-11-12-17-41(36)33-42)34-45(46)49(2,3)47-44(30-31-50-48(47)51)40-25-22-37(23-26-40)35-14-9-8-10-15-35/h4-31,33-34H,1,32H2,2-3H3/b6-5-,13-7-. The minimum atomic E-state index is -0.309. The van der Waals surface area contributed by atoms with Gasteiger partial charge in [0.25, 0.3) is 0 Å². The molecule has 0 spiro atoms. The van der Waals surface area contributed by atoms with Gasteiger partial charge in [0, 0.05) is 29.4 Å². The fraction of sp³-hybridized carbons (Fsp3) is 0.0816. The second-order valence-corrected chi connectivity index (χ2v) is 13.7. The average molecular weight is 657 g/mol. The van der Waals surface area contributed by atoms with Crippen LogP contribution in [0, 0.1) is 0 Å². The molecule has 2 heteroatoms. The Morgan fingerprint density at radius 3 is 1.88 bits per heavy atom. The first-order valence-corrected chi connectivity index (χ1v) is 17.6. The number of rotatable bonds is 8. The lowest BCUT2D eigenvalue weighted by atomic mass is 9.71. The third-order valence-electron chi connectivity index (χ3n) is 10.2. The van der Waals surface area contributed by atoms with Gasteiger partial charge in [0.05, 0.1) is 0 Å². The van der Waals surface area contributed by atoms with Crippen molar-refractivity contribution in [1.82, 2.24) is 4.98 Å². The summed E-state index contributed by atoms with van der Waals surface area (Å²) in [4.78, 5) is 7.42. The van der Waals surface area contributed by atoms with Crippen molar-refractivity contribution in [2.24, 2.45) is 0 Å². The average Bonchev–Trinajstić information content (AvgIpc) is 3.19. The van der Waals surface area contributed by atoms with Crippen LogP contribution >= 0.6 is 0 Å². The van der Waals surface area contributed by atoms with Crippen molar-refractivity contribution < 1.29 is 0 Å². The van der Waals surface area contributed by atoms with Gasteiger partial charge in [0.2, 0.25) is 0 Å². The van der Waals surface area contributed by atoms with Crippen molar-refractivity contribution in [3.63, 3.8) is 0 Å². The van der Waals surface area contributed by atoms with E-state index in [-0.39, 0.29) is 5.41 Å². The second kappa shape index (κ2) is 13.6. The number of pyridine rings is 1. The van der Waals surface area contributed by atoms with E-state index >= 15 is 0 Å². The molecule has 0 bridgehead atoms. The molecule has 0 fully saturated rings. The topological polar surface area (TPSA) is 16.1 Å². The zero-order valence-corrected chi connectivity index (χ0v) is 29.1. The molecule has 0 atom stereocenters. The highest BCUT2D eigenvalue weighted by molar-refractivity contribution is 5.88. The molecule has 0 unspecified atom stereocenters. The van der Waals surface area contributed by atoms with Crippen molar-refractivity contribution in [1.29, 1.82) is 0 Å². The van der Waals surface area contributed by atoms with Gasteiger partial charge in [0.15, 0.2) is 0 Å². The predicted molar refractivity (Wildman–Crippen MR) is 218 cm³/mol. The number of hydrogen-bond donors (Lipinski definition) is 0. The second-order valence-electron chi connectivity index (χ2n) is 13.7. The molecule has 7 aromatic rings. The summed E-state index contributed by atoms with van der Waals surface area (Å²) in [5.41, 5.74) is 13.1. The van der Waals surface area contributed by atoms with E-state index in [4.69, 9.17) is 4.98 Å². The molecular formula is C49H40N2. The molecule has 2 heterocycles. The first-order chi connectivity index (χ1) is 25.0. The molecule has 0 saturated carbocycles. The highest BCUT2D eigenvalue weighted by Crippen LogP contribution is 2.52. The Balaban J connectivity index is 1.20. The van der Waals surface area contributed by atoms with Gasteiger partial charge in [0.1, 0.15) is 5.82 Å². The fourth-order valence-corrected chi connectivity index (χ4v) is 7.48. The Bertz CT molecular complexity index is 2410. The molecule has 1 aromatic heterocycles. The van der Waals surface area contributed by atoms with Crippen molar-refractivity contribution in [3.8, 4) is 44.5 Å². The Kier molecular flexibility index (Phi) is 8.51. The molecule has 0 radical (unpaired) electrons. The third-order valence-corrected chi connectivity index (χ3v) is 10.2. The van der Waals surface area contributed by atoms with Crippen LogP contribution in [0.2, 0.25) is 0 Å². The Labute approximate surface area is 301 Å². The maximum absolute atomic E-state index is 5.06. The van der Waals surface area contributed by atoms with E-state index in [1.807, 2.05) is 18.3 Å². The molecule has 6 aromatic carbocycles. The highest BCUT2D eigenvalue weighted by Gasteiger charge is 2.39. The van der Waals surface area contributed by atoms with Gasteiger partial charge in [-0.1, -0.05) is 172 Å². The molecule has 0 aliphatic carbocycles. The summed E-state index contributed by atoms with van der Waals surface area (Å²) < 4.78 is 0. The zero-order valence-electron chi connectivity index (χ0n) is 29.1. The largest absolute Gasteiger partial charge is 0.322 e. The van der Waals surface area contributed by atoms with Gasteiger partial charge in [-0.25, -0.2) is 4.98 Å².